The molecule has 3 heteroatoms. The van der Waals surface area contributed by atoms with Gasteiger partial charge in [-0.15, -0.1) is 0 Å². The molecule has 78 valence electrons. The van der Waals surface area contributed by atoms with Crippen molar-refractivity contribution in [3.8, 4) is 0 Å². The Balaban J connectivity index is 1.86. The second kappa shape index (κ2) is 4.13. The minimum absolute atomic E-state index is 0.859. The fraction of sp³-hybridized carbons (Fsp3) is 0.727. The third-order valence-corrected chi connectivity index (χ3v) is 3.28. The lowest BCUT2D eigenvalue weighted by Gasteiger charge is -2.36. The molecule has 1 aliphatic rings. The van der Waals surface area contributed by atoms with Gasteiger partial charge >= 0.3 is 0 Å². The predicted octanol–water partition coefficient (Wildman–Crippen LogP) is 1.21. The Morgan fingerprint density at radius 1 is 1.50 bits per heavy atom. The molecular weight excluding hydrogens is 174 g/mol. The van der Waals surface area contributed by atoms with E-state index in [-0.39, 0.29) is 0 Å². The van der Waals surface area contributed by atoms with Crippen molar-refractivity contribution in [1.29, 1.82) is 0 Å². The zero-order valence-electron chi connectivity index (χ0n) is 9.03. The number of rotatable bonds is 4. The van der Waals surface area contributed by atoms with E-state index in [9.17, 15) is 0 Å². The molecule has 2 atom stereocenters. The Labute approximate surface area is 85.5 Å². The van der Waals surface area contributed by atoms with Gasteiger partial charge in [-0.25, -0.2) is 0 Å². The van der Waals surface area contributed by atoms with Crippen LogP contribution in [0.3, 0.4) is 0 Å². The van der Waals surface area contributed by atoms with Gasteiger partial charge in [0.05, 0.1) is 5.69 Å². The number of hydrogen-bond acceptors (Lipinski definition) is 2. The first-order valence-corrected chi connectivity index (χ1v) is 5.42. The Kier molecular flexibility index (Phi) is 2.87. The SMILES string of the molecule is CNCC1CCC1Cc1ccn(C)n1. The van der Waals surface area contributed by atoms with Crippen molar-refractivity contribution < 1.29 is 0 Å². The molecule has 1 saturated carbocycles. The van der Waals surface area contributed by atoms with Crippen LogP contribution in [0.5, 0.6) is 0 Å². The second-order valence-corrected chi connectivity index (χ2v) is 4.34. The summed E-state index contributed by atoms with van der Waals surface area (Å²) in [5.41, 5.74) is 1.25. The average Bonchev–Trinajstić information content (AvgIpc) is 2.55. The molecule has 3 nitrogen and oxygen atoms in total. The van der Waals surface area contributed by atoms with Crippen molar-refractivity contribution in [2.45, 2.75) is 19.3 Å². The molecule has 1 heterocycles. The molecule has 2 unspecified atom stereocenters. The lowest BCUT2D eigenvalue weighted by Crippen LogP contribution is -2.35. The van der Waals surface area contributed by atoms with Crippen LogP contribution in [-0.4, -0.2) is 23.4 Å². The fourth-order valence-corrected chi connectivity index (χ4v) is 2.28. The summed E-state index contributed by atoms with van der Waals surface area (Å²) in [6.45, 7) is 1.16. The highest BCUT2D eigenvalue weighted by Crippen LogP contribution is 2.35. The van der Waals surface area contributed by atoms with E-state index in [0.717, 1.165) is 24.8 Å². The molecule has 0 spiro atoms. The van der Waals surface area contributed by atoms with Crippen LogP contribution >= 0.6 is 0 Å². The molecule has 0 aromatic carbocycles. The summed E-state index contributed by atoms with van der Waals surface area (Å²) in [7, 11) is 4.02. The summed E-state index contributed by atoms with van der Waals surface area (Å²) in [6.07, 6.45) is 5.95. The summed E-state index contributed by atoms with van der Waals surface area (Å²) in [6, 6.07) is 2.13. The first-order valence-electron chi connectivity index (χ1n) is 5.42. The zero-order chi connectivity index (χ0) is 9.97. The second-order valence-electron chi connectivity index (χ2n) is 4.34. The van der Waals surface area contributed by atoms with Crippen molar-refractivity contribution in [3.63, 3.8) is 0 Å². The fourth-order valence-electron chi connectivity index (χ4n) is 2.28. The maximum Gasteiger partial charge on any atom is 0.0627 e. The van der Waals surface area contributed by atoms with Crippen LogP contribution in [0.2, 0.25) is 0 Å². The van der Waals surface area contributed by atoms with E-state index in [1.54, 1.807) is 0 Å². The normalized spacial score (nSPS) is 26.1. The molecule has 1 fully saturated rings. The first kappa shape index (κ1) is 9.71. The van der Waals surface area contributed by atoms with Crippen molar-refractivity contribution >= 4 is 0 Å². The molecule has 1 N–H and O–H groups in total. The minimum atomic E-state index is 0.859. The number of aryl methyl sites for hydroxylation is 1. The molecule has 1 aromatic heterocycles. The highest BCUT2D eigenvalue weighted by Gasteiger charge is 2.30. The van der Waals surface area contributed by atoms with Gasteiger partial charge in [0.25, 0.3) is 0 Å². The largest absolute Gasteiger partial charge is 0.319 e. The van der Waals surface area contributed by atoms with Crippen molar-refractivity contribution in [2.24, 2.45) is 18.9 Å². The standard InChI is InChI=1S/C11H19N3/c1-12-8-10-4-3-9(10)7-11-5-6-14(2)13-11/h5-6,9-10,12H,3-4,7-8H2,1-2H3. The summed E-state index contributed by atoms with van der Waals surface area (Å²) < 4.78 is 1.89. The Hall–Kier alpha value is -0.830. The number of nitrogens with zero attached hydrogens (tertiary/aromatic N) is 2. The lowest BCUT2D eigenvalue weighted by molar-refractivity contribution is 0.172. The van der Waals surface area contributed by atoms with Crippen LogP contribution in [0.1, 0.15) is 18.5 Å². The zero-order valence-corrected chi connectivity index (χ0v) is 9.03. The predicted molar refractivity (Wildman–Crippen MR) is 57.1 cm³/mol. The average molecular weight is 193 g/mol. The maximum absolute atomic E-state index is 4.42. The summed E-state index contributed by atoms with van der Waals surface area (Å²) in [5.74, 6) is 1.74. The Bertz CT molecular complexity index is 292. The van der Waals surface area contributed by atoms with Crippen molar-refractivity contribution in [2.75, 3.05) is 13.6 Å². The quantitative estimate of drug-likeness (QED) is 0.779. The van der Waals surface area contributed by atoms with E-state index in [0.29, 0.717) is 0 Å². The summed E-state index contributed by atoms with van der Waals surface area (Å²) in [4.78, 5) is 0. The molecule has 0 bridgehead atoms. The van der Waals surface area contributed by atoms with Gasteiger partial charge in [-0.2, -0.15) is 5.10 Å². The van der Waals surface area contributed by atoms with Gasteiger partial charge in [-0.3, -0.25) is 4.68 Å². The first-order chi connectivity index (χ1) is 6.79. The third kappa shape index (κ3) is 1.98. The van der Waals surface area contributed by atoms with Crippen LogP contribution in [0.4, 0.5) is 0 Å². The topological polar surface area (TPSA) is 29.9 Å². The van der Waals surface area contributed by atoms with Crippen LogP contribution in [0, 0.1) is 11.8 Å². The molecule has 0 radical (unpaired) electrons. The molecular formula is C11H19N3. The van der Waals surface area contributed by atoms with E-state index in [4.69, 9.17) is 0 Å². The number of aromatic nitrogens is 2. The minimum Gasteiger partial charge on any atom is -0.319 e. The number of nitrogens with one attached hydrogen (secondary N) is 1. The van der Waals surface area contributed by atoms with Crippen LogP contribution in [0.15, 0.2) is 12.3 Å². The van der Waals surface area contributed by atoms with Gasteiger partial charge in [-0.1, -0.05) is 0 Å². The molecule has 14 heavy (non-hydrogen) atoms. The molecule has 1 aromatic rings. The molecule has 0 amide bonds. The van der Waals surface area contributed by atoms with Gasteiger partial charge in [-0.05, 0) is 50.8 Å². The van der Waals surface area contributed by atoms with E-state index >= 15 is 0 Å². The maximum atomic E-state index is 4.42. The van der Waals surface area contributed by atoms with Gasteiger partial charge in [0.1, 0.15) is 0 Å². The van der Waals surface area contributed by atoms with Crippen LogP contribution in [0.25, 0.3) is 0 Å². The van der Waals surface area contributed by atoms with Crippen molar-refractivity contribution in [1.82, 2.24) is 15.1 Å². The highest BCUT2D eigenvalue weighted by atomic mass is 15.2. The van der Waals surface area contributed by atoms with E-state index in [1.165, 1.54) is 18.5 Å². The van der Waals surface area contributed by atoms with E-state index < -0.39 is 0 Å². The summed E-state index contributed by atoms with van der Waals surface area (Å²) in [5, 5.41) is 7.69. The summed E-state index contributed by atoms with van der Waals surface area (Å²) >= 11 is 0. The molecule has 0 aliphatic heterocycles. The Morgan fingerprint density at radius 3 is 2.79 bits per heavy atom. The van der Waals surface area contributed by atoms with Crippen LogP contribution in [-0.2, 0) is 13.5 Å². The molecule has 0 saturated heterocycles. The van der Waals surface area contributed by atoms with Crippen molar-refractivity contribution in [3.05, 3.63) is 18.0 Å². The number of hydrogen-bond donors (Lipinski definition) is 1. The van der Waals surface area contributed by atoms with Gasteiger partial charge in [0.15, 0.2) is 0 Å². The molecule has 1 aliphatic carbocycles. The molecule has 2 rings (SSSR count). The van der Waals surface area contributed by atoms with Gasteiger partial charge in [0.2, 0.25) is 0 Å². The smallest absolute Gasteiger partial charge is 0.0627 e. The van der Waals surface area contributed by atoms with Crippen LogP contribution < -0.4 is 5.32 Å². The van der Waals surface area contributed by atoms with E-state index in [2.05, 4.69) is 16.5 Å². The van der Waals surface area contributed by atoms with Gasteiger partial charge < -0.3 is 5.32 Å². The monoisotopic (exact) mass is 193 g/mol. The third-order valence-electron chi connectivity index (χ3n) is 3.28. The van der Waals surface area contributed by atoms with Gasteiger partial charge in [0, 0.05) is 13.2 Å². The lowest BCUT2D eigenvalue weighted by atomic mass is 9.71. The van der Waals surface area contributed by atoms with E-state index in [1.807, 2.05) is 25.0 Å². The Morgan fingerprint density at radius 2 is 2.29 bits per heavy atom. The highest BCUT2D eigenvalue weighted by molar-refractivity contribution is 5.02.